The summed E-state index contributed by atoms with van der Waals surface area (Å²) in [4.78, 5) is 2.12. The van der Waals surface area contributed by atoms with Crippen molar-refractivity contribution in [2.24, 2.45) is 5.84 Å². The number of hydrazine groups is 1. The van der Waals surface area contributed by atoms with Crippen molar-refractivity contribution in [3.8, 4) is 5.75 Å². The number of methoxy groups -OCH3 is 1. The van der Waals surface area contributed by atoms with Gasteiger partial charge in [0.25, 0.3) is 0 Å². The average Bonchev–Trinajstić information content (AvgIpc) is 2.26. The Morgan fingerprint density at radius 2 is 2.00 bits per heavy atom. The van der Waals surface area contributed by atoms with Gasteiger partial charge in [-0.05, 0) is 31.8 Å². The zero-order valence-electron chi connectivity index (χ0n) is 10.3. The van der Waals surface area contributed by atoms with E-state index in [-0.39, 0.29) is 0 Å². The molecule has 0 spiro atoms. The van der Waals surface area contributed by atoms with E-state index in [0.29, 0.717) is 0 Å². The first-order valence-corrected chi connectivity index (χ1v) is 5.39. The van der Waals surface area contributed by atoms with Crippen LogP contribution in [-0.2, 0) is 6.54 Å². The molecule has 0 aliphatic heterocycles. The van der Waals surface area contributed by atoms with Gasteiger partial charge < -0.3 is 9.64 Å². The SMILES string of the molecule is COc1cccc(CN(N)CCN(C)C)c1. The van der Waals surface area contributed by atoms with E-state index in [1.807, 2.05) is 37.3 Å². The van der Waals surface area contributed by atoms with E-state index in [9.17, 15) is 0 Å². The Morgan fingerprint density at radius 3 is 2.62 bits per heavy atom. The first-order valence-electron chi connectivity index (χ1n) is 5.39. The molecule has 0 aromatic heterocycles. The van der Waals surface area contributed by atoms with Crippen LogP contribution in [0, 0.1) is 0 Å². The summed E-state index contributed by atoms with van der Waals surface area (Å²) in [6, 6.07) is 7.98. The highest BCUT2D eigenvalue weighted by molar-refractivity contribution is 5.28. The van der Waals surface area contributed by atoms with Gasteiger partial charge in [-0.2, -0.15) is 0 Å². The van der Waals surface area contributed by atoms with Gasteiger partial charge in [-0.1, -0.05) is 12.1 Å². The van der Waals surface area contributed by atoms with Crippen molar-refractivity contribution in [1.29, 1.82) is 0 Å². The number of likely N-dealkylation sites (N-methyl/N-ethyl adjacent to an activating group) is 1. The molecule has 0 saturated heterocycles. The van der Waals surface area contributed by atoms with E-state index >= 15 is 0 Å². The molecule has 0 saturated carbocycles. The number of hydrogen-bond acceptors (Lipinski definition) is 4. The summed E-state index contributed by atoms with van der Waals surface area (Å²) in [6.45, 7) is 2.55. The molecule has 1 aromatic carbocycles. The standard InChI is InChI=1S/C12H21N3O/c1-14(2)7-8-15(13)10-11-5-4-6-12(9-11)16-3/h4-6,9H,7-8,10,13H2,1-3H3. The third kappa shape index (κ3) is 4.61. The zero-order chi connectivity index (χ0) is 12.0. The van der Waals surface area contributed by atoms with Crippen molar-refractivity contribution in [3.05, 3.63) is 29.8 Å². The molecule has 0 unspecified atom stereocenters. The van der Waals surface area contributed by atoms with E-state index < -0.39 is 0 Å². The number of nitrogens with two attached hydrogens (primary N) is 1. The lowest BCUT2D eigenvalue weighted by Gasteiger charge is -2.19. The van der Waals surface area contributed by atoms with E-state index in [1.165, 1.54) is 5.56 Å². The summed E-state index contributed by atoms with van der Waals surface area (Å²) in [5, 5.41) is 1.81. The lowest BCUT2D eigenvalue weighted by Crippen LogP contribution is -2.36. The normalized spacial score (nSPS) is 11.1. The summed E-state index contributed by atoms with van der Waals surface area (Å²) in [5.74, 6) is 6.79. The molecule has 2 N–H and O–H groups in total. The second-order valence-corrected chi connectivity index (χ2v) is 4.13. The van der Waals surface area contributed by atoms with Gasteiger partial charge in [0, 0.05) is 19.6 Å². The molecule has 0 radical (unpaired) electrons. The van der Waals surface area contributed by atoms with Crippen LogP contribution in [0.25, 0.3) is 0 Å². The summed E-state index contributed by atoms with van der Waals surface area (Å²) in [5.41, 5.74) is 1.17. The summed E-state index contributed by atoms with van der Waals surface area (Å²) >= 11 is 0. The highest BCUT2D eigenvalue weighted by Crippen LogP contribution is 2.13. The molecular weight excluding hydrogens is 202 g/mol. The van der Waals surface area contributed by atoms with Gasteiger partial charge in [0.2, 0.25) is 0 Å². The molecule has 0 fully saturated rings. The molecule has 0 heterocycles. The van der Waals surface area contributed by atoms with Crippen molar-refractivity contribution >= 4 is 0 Å². The Morgan fingerprint density at radius 1 is 1.25 bits per heavy atom. The molecule has 1 rings (SSSR count). The molecule has 90 valence electrons. The molecule has 16 heavy (non-hydrogen) atoms. The van der Waals surface area contributed by atoms with Crippen molar-refractivity contribution in [2.45, 2.75) is 6.54 Å². The third-order valence-electron chi connectivity index (χ3n) is 2.35. The quantitative estimate of drug-likeness (QED) is 0.575. The van der Waals surface area contributed by atoms with Crippen molar-refractivity contribution in [2.75, 3.05) is 34.3 Å². The number of hydrogen-bond donors (Lipinski definition) is 1. The maximum absolute atomic E-state index is 5.91. The minimum atomic E-state index is 0.741. The van der Waals surface area contributed by atoms with Crippen molar-refractivity contribution < 1.29 is 4.74 Å². The highest BCUT2D eigenvalue weighted by atomic mass is 16.5. The average molecular weight is 223 g/mol. The Bertz CT molecular complexity index is 315. The Labute approximate surface area is 97.6 Å². The molecule has 0 aliphatic rings. The zero-order valence-corrected chi connectivity index (χ0v) is 10.3. The fourth-order valence-corrected chi connectivity index (χ4v) is 1.41. The van der Waals surface area contributed by atoms with Crippen LogP contribution in [0.2, 0.25) is 0 Å². The van der Waals surface area contributed by atoms with Gasteiger partial charge in [-0.3, -0.25) is 5.84 Å². The lowest BCUT2D eigenvalue weighted by atomic mass is 10.2. The van der Waals surface area contributed by atoms with E-state index in [4.69, 9.17) is 10.6 Å². The van der Waals surface area contributed by atoms with E-state index in [1.54, 1.807) is 7.11 Å². The maximum Gasteiger partial charge on any atom is 0.119 e. The second-order valence-electron chi connectivity index (χ2n) is 4.13. The van der Waals surface area contributed by atoms with E-state index in [2.05, 4.69) is 11.0 Å². The predicted molar refractivity (Wildman–Crippen MR) is 66.1 cm³/mol. The van der Waals surface area contributed by atoms with Crippen LogP contribution in [0.3, 0.4) is 0 Å². The monoisotopic (exact) mass is 223 g/mol. The maximum atomic E-state index is 5.91. The number of benzene rings is 1. The van der Waals surface area contributed by atoms with Gasteiger partial charge in [0.05, 0.1) is 7.11 Å². The number of ether oxygens (including phenoxy) is 1. The summed E-state index contributed by atoms with van der Waals surface area (Å²) < 4.78 is 5.17. The predicted octanol–water partition coefficient (Wildman–Crippen LogP) is 0.932. The van der Waals surface area contributed by atoms with Gasteiger partial charge in [0.15, 0.2) is 0 Å². The molecule has 0 aliphatic carbocycles. The van der Waals surface area contributed by atoms with Crippen LogP contribution in [0.1, 0.15) is 5.56 Å². The third-order valence-corrected chi connectivity index (χ3v) is 2.35. The van der Waals surface area contributed by atoms with Gasteiger partial charge >= 0.3 is 0 Å². The van der Waals surface area contributed by atoms with Crippen LogP contribution in [0.5, 0.6) is 5.75 Å². The molecule has 4 heteroatoms. The fraction of sp³-hybridized carbons (Fsp3) is 0.500. The van der Waals surface area contributed by atoms with Crippen LogP contribution in [0.15, 0.2) is 24.3 Å². The van der Waals surface area contributed by atoms with Gasteiger partial charge in [0.1, 0.15) is 5.75 Å². The van der Waals surface area contributed by atoms with Gasteiger partial charge in [-0.15, -0.1) is 0 Å². The topological polar surface area (TPSA) is 41.7 Å². The number of nitrogens with zero attached hydrogens (tertiary/aromatic N) is 2. The Kier molecular flexibility index (Phi) is 5.25. The number of rotatable bonds is 6. The smallest absolute Gasteiger partial charge is 0.119 e. The molecule has 0 atom stereocenters. The lowest BCUT2D eigenvalue weighted by molar-refractivity contribution is 0.239. The molecule has 0 bridgehead atoms. The summed E-state index contributed by atoms with van der Waals surface area (Å²) in [6.07, 6.45) is 0. The van der Waals surface area contributed by atoms with Gasteiger partial charge in [-0.25, -0.2) is 5.01 Å². The second kappa shape index (κ2) is 6.48. The van der Waals surface area contributed by atoms with E-state index in [0.717, 1.165) is 25.4 Å². The highest BCUT2D eigenvalue weighted by Gasteiger charge is 2.02. The molecular formula is C12H21N3O. The Balaban J connectivity index is 2.45. The first kappa shape index (κ1) is 13.0. The van der Waals surface area contributed by atoms with Crippen LogP contribution < -0.4 is 10.6 Å². The largest absolute Gasteiger partial charge is 0.497 e. The molecule has 1 aromatic rings. The Hall–Kier alpha value is -1.10. The molecule has 0 amide bonds. The van der Waals surface area contributed by atoms with Crippen LogP contribution >= 0.6 is 0 Å². The van der Waals surface area contributed by atoms with Crippen molar-refractivity contribution in [3.63, 3.8) is 0 Å². The van der Waals surface area contributed by atoms with Crippen molar-refractivity contribution in [1.82, 2.24) is 9.91 Å². The minimum absolute atomic E-state index is 0.741. The summed E-state index contributed by atoms with van der Waals surface area (Å²) in [7, 11) is 5.75. The fourth-order valence-electron chi connectivity index (χ4n) is 1.41. The van der Waals surface area contributed by atoms with Crippen LogP contribution in [0.4, 0.5) is 0 Å². The van der Waals surface area contributed by atoms with Crippen LogP contribution in [-0.4, -0.2) is 44.2 Å². The minimum Gasteiger partial charge on any atom is -0.497 e. The first-order chi connectivity index (χ1) is 7.61. The molecule has 4 nitrogen and oxygen atoms in total.